The third kappa shape index (κ3) is 84.7. The summed E-state index contributed by atoms with van der Waals surface area (Å²) in [5, 5.41) is 0. The van der Waals surface area contributed by atoms with Gasteiger partial charge >= 0.3 is 91.9 Å². The Morgan fingerprint density at radius 2 is 1.00 bits per heavy atom. The Balaban J connectivity index is -0.0000000400. The van der Waals surface area contributed by atoms with E-state index in [0.29, 0.717) is 0 Å². The van der Waals surface area contributed by atoms with E-state index in [-0.39, 0.29) is 45.0 Å². The first kappa shape index (κ1) is 15.9. The van der Waals surface area contributed by atoms with Gasteiger partial charge in [-0.1, -0.05) is 0 Å². The van der Waals surface area contributed by atoms with Gasteiger partial charge in [-0.25, -0.2) is 0 Å². The van der Waals surface area contributed by atoms with E-state index in [1.807, 2.05) is 0 Å². The van der Waals surface area contributed by atoms with Crippen molar-refractivity contribution < 1.29 is 60.9 Å². The zero-order valence-corrected chi connectivity index (χ0v) is 11.6. The predicted octanol–water partition coefficient (Wildman–Crippen LogP) is -3.38. The van der Waals surface area contributed by atoms with E-state index in [9.17, 15) is 0 Å². The van der Waals surface area contributed by atoms with Gasteiger partial charge in [-0.3, -0.25) is 0 Å². The van der Waals surface area contributed by atoms with Crippen LogP contribution in [0.25, 0.3) is 0 Å². The third-order valence-corrected chi connectivity index (χ3v) is 0. The van der Waals surface area contributed by atoms with Gasteiger partial charge in [0, 0.05) is 0 Å². The van der Waals surface area contributed by atoms with Gasteiger partial charge in [0.25, 0.3) is 0 Å². The second kappa shape index (κ2) is 25.2. The minimum Gasteiger partial charge on any atom is 2.00 e. The minimum atomic E-state index is -1.75. The van der Waals surface area contributed by atoms with Crippen LogP contribution in [0, 0.1) is 45.0 Å². The fourth-order valence-corrected chi connectivity index (χ4v) is 0. The Morgan fingerprint density at radius 1 is 1.00 bits per heavy atom. The molecule has 0 bridgehead atoms. The molecule has 0 saturated heterocycles. The van der Waals surface area contributed by atoms with Crippen LogP contribution in [0.5, 0.6) is 0 Å². The summed E-state index contributed by atoms with van der Waals surface area (Å²) in [6, 6.07) is 0. The van der Waals surface area contributed by atoms with Gasteiger partial charge in [-0.15, -0.1) is 0 Å². The molecule has 0 amide bonds. The fourth-order valence-electron chi connectivity index (χ4n) is 0. The molecule has 4 nitrogen and oxygen atoms in total. The molecular formula is Al2O4Ra. The smallest absolute Gasteiger partial charge is 2.00 e. The molecule has 0 aromatic rings. The van der Waals surface area contributed by atoms with Crippen molar-refractivity contribution in [1.29, 1.82) is 0 Å². The summed E-state index contributed by atoms with van der Waals surface area (Å²) in [7, 11) is 0. The van der Waals surface area contributed by atoms with E-state index < -0.39 is 31.0 Å². The fraction of sp³-hybridized carbons (Fsp3) is 0. The predicted molar refractivity (Wildman–Crippen MR) is 12.9 cm³/mol. The molecule has 7 heavy (non-hydrogen) atoms. The maximum absolute atomic E-state index is 8.46. The zero-order valence-electron chi connectivity index (χ0n) is 3.49. The van der Waals surface area contributed by atoms with E-state index in [0.717, 1.165) is 0 Å². The standard InChI is InChI=1S/2Al.4O.Ra/q;;;;2*-1;+2. The van der Waals surface area contributed by atoms with Gasteiger partial charge in [0.15, 0.2) is 0 Å². The first-order valence-electron chi connectivity index (χ1n) is 0.943. The molecule has 0 saturated carbocycles. The van der Waals surface area contributed by atoms with Crippen LogP contribution in [0.15, 0.2) is 0 Å². The maximum atomic E-state index is 8.46. The summed E-state index contributed by atoms with van der Waals surface area (Å²) >= 11 is -3.50. The SMILES string of the molecule is [O]=[Al][O-].[O]=[Al][O-].[Ra+2]. The summed E-state index contributed by atoms with van der Waals surface area (Å²) in [6.45, 7) is 0. The zero-order chi connectivity index (χ0) is 5.41. The van der Waals surface area contributed by atoms with Crippen LogP contribution in [0.2, 0.25) is 0 Å². The number of rotatable bonds is 0. The van der Waals surface area contributed by atoms with Crippen molar-refractivity contribution in [3.63, 3.8) is 0 Å². The van der Waals surface area contributed by atoms with Crippen LogP contribution in [0.3, 0.4) is 0 Å². The van der Waals surface area contributed by atoms with Gasteiger partial charge in [-0.2, -0.15) is 0 Å². The van der Waals surface area contributed by atoms with E-state index >= 15 is 0 Å². The minimum absolute atomic E-state index is 0. The van der Waals surface area contributed by atoms with Crippen molar-refractivity contribution in [3.8, 4) is 0 Å². The van der Waals surface area contributed by atoms with Crippen LogP contribution >= 0.6 is 0 Å². The summed E-state index contributed by atoms with van der Waals surface area (Å²) in [4.78, 5) is 0. The van der Waals surface area contributed by atoms with Crippen LogP contribution < -0.4 is 8.32 Å². The topological polar surface area (TPSA) is 80.3 Å². The van der Waals surface area contributed by atoms with Crippen LogP contribution in [-0.2, 0) is 7.61 Å². The molecule has 0 spiro atoms. The normalized spacial score (nSPS) is 2.29. The quantitative estimate of drug-likeness (QED) is 0.430. The van der Waals surface area contributed by atoms with Gasteiger partial charge < -0.3 is 0 Å². The molecule has 0 N–H and O–H groups in total. The van der Waals surface area contributed by atoms with E-state index in [1.165, 1.54) is 0 Å². The van der Waals surface area contributed by atoms with Crippen LogP contribution in [0.1, 0.15) is 0 Å². The van der Waals surface area contributed by atoms with Crippen molar-refractivity contribution >= 4 is 31.0 Å². The molecule has 0 radical (unpaired) electrons. The molecule has 32 valence electrons. The van der Waals surface area contributed by atoms with Gasteiger partial charge in [0.1, 0.15) is 0 Å². The molecule has 0 aliphatic heterocycles. The Morgan fingerprint density at radius 3 is 1.00 bits per heavy atom. The van der Waals surface area contributed by atoms with Crippen molar-refractivity contribution in [2.75, 3.05) is 0 Å². The average molecular weight is 344 g/mol. The van der Waals surface area contributed by atoms with Crippen molar-refractivity contribution in [1.82, 2.24) is 0 Å². The first-order chi connectivity index (χ1) is 2.83. The maximum Gasteiger partial charge on any atom is 2.00 e. The monoisotopic (exact) mass is 344 g/mol. The Kier molecular flexibility index (Phi) is 57.1. The largest absolute Gasteiger partial charge is 2.00 e. The van der Waals surface area contributed by atoms with Crippen molar-refractivity contribution in [2.45, 2.75) is 0 Å². The molecule has 0 aliphatic carbocycles. The first-order valence-corrected chi connectivity index (χ1v) is 2.83. The molecule has 0 rings (SSSR count). The Bertz CT molecular complexity index is 30.7. The Labute approximate surface area is 90.3 Å². The molecule has 0 aromatic heterocycles. The van der Waals surface area contributed by atoms with Crippen molar-refractivity contribution in [3.05, 3.63) is 0 Å². The van der Waals surface area contributed by atoms with Gasteiger partial charge in [0.2, 0.25) is 0 Å². The summed E-state index contributed by atoms with van der Waals surface area (Å²) in [5.41, 5.74) is 0. The summed E-state index contributed by atoms with van der Waals surface area (Å²) in [6.07, 6.45) is 0. The molecule has 0 atom stereocenters. The summed E-state index contributed by atoms with van der Waals surface area (Å²) < 4.78 is 33.8. The molecular weight excluding hydrogens is 344 g/mol. The number of hydrogen-bond acceptors (Lipinski definition) is 4. The molecule has 0 aromatic carbocycles. The van der Waals surface area contributed by atoms with E-state index in [2.05, 4.69) is 0 Å². The van der Waals surface area contributed by atoms with Crippen LogP contribution in [-0.4, -0.2) is 31.0 Å². The second-order valence-electron chi connectivity index (χ2n) is 0.192. The summed E-state index contributed by atoms with van der Waals surface area (Å²) in [5.74, 6) is 0. The molecule has 0 unspecified atom stereocenters. The van der Waals surface area contributed by atoms with Gasteiger partial charge in [0.05, 0.1) is 0 Å². The van der Waals surface area contributed by atoms with E-state index in [4.69, 9.17) is 15.9 Å². The molecule has 0 fully saturated rings. The third-order valence-electron chi connectivity index (χ3n) is 0. The second-order valence-corrected chi connectivity index (χ2v) is 0.577. The van der Waals surface area contributed by atoms with Crippen LogP contribution in [0.4, 0.5) is 0 Å². The molecule has 0 heterocycles. The number of hydrogen-bond donors (Lipinski definition) is 0. The molecule has 0 aliphatic rings. The van der Waals surface area contributed by atoms with E-state index in [1.54, 1.807) is 0 Å². The Hall–Kier alpha value is 1.73. The van der Waals surface area contributed by atoms with Crippen molar-refractivity contribution in [2.24, 2.45) is 0 Å². The average Bonchev–Trinajstić information content (AvgIpc) is 1.39. The van der Waals surface area contributed by atoms with Gasteiger partial charge in [-0.05, 0) is 0 Å². The molecule has 7 heteroatoms.